The van der Waals surface area contributed by atoms with E-state index < -0.39 is 5.97 Å². The number of carbonyl (C=O) groups is 2. The summed E-state index contributed by atoms with van der Waals surface area (Å²) in [6.07, 6.45) is 1.89. The van der Waals surface area contributed by atoms with Crippen molar-refractivity contribution in [1.82, 2.24) is 10.2 Å². The van der Waals surface area contributed by atoms with Gasteiger partial charge in [0.25, 0.3) is 0 Å². The predicted octanol–water partition coefficient (Wildman–Crippen LogP) is 0.708. The lowest BCUT2D eigenvalue weighted by molar-refractivity contribution is -0.138. The molecule has 0 aromatic heterocycles. The van der Waals surface area contributed by atoms with Crippen molar-refractivity contribution in [3.05, 3.63) is 35.4 Å². The van der Waals surface area contributed by atoms with E-state index in [0.29, 0.717) is 6.04 Å². The van der Waals surface area contributed by atoms with E-state index in [-0.39, 0.29) is 31.4 Å². The molecule has 0 unspecified atom stereocenters. The topological polar surface area (TPSA) is 69.6 Å². The van der Waals surface area contributed by atoms with Crippen molar-refractivity contribution in [2.45, 2.75) is 18.9 Å². The Kier molecular flexibility index (Phi) is 5.98. The summed E-state index contributed by atoms with van der Waals surface area (Å²) in [5, 5.41) is 10.9. The van der Waals surface area contributed by atoms with Crippen LogP contribution in [0.15, 0.2) is 24.3 Å². The van der Waals surface area contributed by atoms with Crippen LogP contribution in [0.1, 0.15) is 11.1 Å². The summed E-state index contributed by atoms with van der Waals surface area (Å²) in [7, 11) is 1.90. The van der Waals surface area contributed by atoms with Crippen molar-refractivity contribution in [2.24, 2.45) is 0 Å². The highest BCUT2D eigenvalue weighted by atomic mass is 35.5. The average Bonchev–Trinajstić information content (AvgIpc) is 2.80. The number of likely N-dealkylation sites (N-methyl/N-ethyl adjacent to an activating group) is 1. The fourth-order valence-corrected chi connectivity index (χ4v) is 2.43. The molecular weight excluding hydrogens is 280 g/mol. The fourth-order valence-electron chi connectivity index (χ4n) is 2.43. The average molecular weight is 299 g/mol. The Morgan fingerprint density at radius 1 is 1.30 bits per heavy atom. The minimum atomic E-state index is -1.02. The molecule has 0 heterocycles. The van der Waals surface area contributed by atoms with E-state index in [1.807, 2.05) is 24.1 Å². The van der Waals surface area contributed by atoms with Gasteiger partial charge in [0.15, 0.2) is 0 Å². The van der Waals surface area contributed by atoms with Gasteiger partial charge in [-0.25, -0.2) is 0 Å². The van der Waals surface area contributed by atoms with Gasteiger partial charge >= 0.3 is 5.97 Å². The van der Waals surface area contributed by atoms with E-state index in [0.717, 1.165) is 12.8 Å². The Bertz CT molecular complexity index is 468. The molecule has 5 nitrogen and oxygen atoms in total. The number of hydrogen-bond donors (Lipinski definition) is 2. The lowest BCUT2D eigenvalue weighted by Crippen LogP contribution is -2.42. The van der Waals surface area contributed by atoms with E-state index in [1.54, 1.807) is 0 Å². The van der Waals surface area contributed by atoms with Gasteiger partial charge in [0.1, 0.15) is 6.54 Å². The van der Waals surface area contributed by atoms with Crippen LogP contribution < -0.4 is 5.32 Å². The Morgan fingerprint density at radius 2 is 1.85 bits per heavy atom. The van der Waals surface area contributed by atoms with Crippen LogP contribution in [0, 0.1) is 0 Å². The minimum absolute atomic E-state index is 0. The summed E-state index contributed by atoms with van der Waals surface area (Å²) >= 11 is 0. The van der Waals surface area contributed by atoms with Crippen molar-refractivity contribution in [1.29, 1.82) is 0 Å². The molecule has 1 aromatic carbocycles. The summed E-state index contributed by atoms with van der Waals surface area (Å²) in [6, 6.07) is 8.61. The van der Waals surface area contributed by atoms with Crippen LogP contribution in [-0.2, 0) is 22.4 Å². The molecule has 1 aliphatic carbocycles. The van der Waals surface area contributed by atoms with Crippen LogP contribution in [0.3, 0.4) is 0 Å². The molecule has 2 N–H and O–H groups in total. The molecule has 0 saturated heterocycles. The molecule has 2 rings (SSSR count). The summed E-state index contributed by atoms with van der Waals surface area (Å²) in [4.78, 5) is 23.9. The van der Waals surface area contributed by atoms with E-state index in [1.165, 1.54) is 11.1 Å². The second kappa shape index (κ2) is 7.26. The van der Waals surface area contributed by atoms with Crippen LogP contribution in [0.4, 0.5) is 0 Å². The first kappa shape index (κ1) is 16.5. The number of amides is 1. The highest BCUT2D eigenvalue weighted by Crippen LogP contribution is 2.24. The van der Waals surface area contributed by atoms with Gasteiger partial charge in [-0.2, -0.15) is 0 Å². The number of nitrogens with zero attached hydrogens (tertiary/aromatic N) is 1. The first-order valence-electron chi connectivity index (χ1n) is 6.32. The molecule has 0 radical (unpaired) electrons. The van der Waals surface area contributed by atoms with Crippen LogP contribution in [0.5, 0.6) is 0 Å². The molecule has 1 aromatic rings. The van der Waals surface area contributed by atoms with Gasteiger partial charge in [-0.3, -0.25) is 14.5 Å². The van der Waals surface area contributed by atoms with Gasteiger partial charge in [0, 0.05) is 6.04 Å². The zero-order valence-electron chi connectivity index (χ0n) is 11.3. The molecule has 0 aliphatic heterocycles. The van der Waals surface area contributed by atoms with Crippen LogP contribution in [-0.4, -0.2) is 48.1 Å². The quantitative estimate of drug-likeness (QED) is 0.840. The SMILES string of the molecule is CN(CC(=O)NCC(=O)O)C1Cc2ccccc2C1.Cl. The number of fused-ring (bicyclic) bond motifs is 1. The van der Waals surface area contributed by atoms with Gasteiger partial charge in [0.05, 0.1) is 6.54 Å². The van der Waals surface area contributed by atoms with Crippen molar-refractivity contribution < 1.29 is 14.7 Å². The van der Waals surface area contributed by atoms with Crippen molar-refractivity contribution in [3.8, 4) is 0 Å². The minimum Gasteiger partial charge on any atom is -0.480 e. The van der Waals surface area contributed by atoms with Crippen LogP contribution in [0.25, 0.3) is 0 Å². The highest BCUT2D eigenvalue weighted by Gasteiger charge is 2.25. The predicted molar refractivity (Wildman–Crippen MR) is 78.2 cm³/mol. The third kappa shape index (κ3) is 4.21. The molecule has 20 heavy (non-hydrogen) atoms. The summed E-state index contributed by atoms with van der Waals surface area (Å²) in [6.45, 7) is -0.0937. The number of carbonyl (C=O) groups excluding carboxylic acids is 1. The number of aliphatic carboxylic acids is 1. The Morgan fingerprint density at radius 3 is 2.35 bits per heavy atom. The number of nitrogens with one attached hydrogen (secondary N) is 1. The first-order chi connectivity index (χ1) is 9.06. The zero-order valence-corrected chi connectivity index (χ0v) is 12.2. The highest BCUT2D eigenvalue weighted by molar-refractivity contribution is 5.85. The molecule has 0 fully saturated rings. The number of carboxylic acid groups (broad SMARTS) is 1. The Balaban J connectivity index is 0.00000200. The molecule has 0 spiro atoms. The first-order valence-corrected chi connectivity index (χ1v) is 6.32. The van der Waals surface area contributed by atoms with Crippen LogP contribution >= 0.6 is 12.4 Å². The van der Waals surface area contributed by atoms with Gasteiger partial charge in [-0.05, 0) is 31.0 Å². The number of rotatable bonds is 5. The Labute approximate surface area is 124 Å². The van der Waals surface area contributed by atoms with Crippen molar-refractivity contribution >= 4 is 24.3 Å². The van der Waals surface area contributed by atoms with Gasteiger partial charge in [-0.1, -0.05) is 24.3 Å². The smallest absolute Gasteiger partial charge is 0.322 e. The third-order valence-electron chi connectivity index (χ3n) is 3.48. The maximum atomic E-state index is 11.6. The zero-order chi connectivity index (χ0) is 13.8. The monoisotopic (exact) mass is 298 g/mol. The maximum Gasteiger partial charge on any atom is 0.322 e. The van der Waals surface area contributed by atoms with E-state index in [9.17, 15) is 9.59 Å². The van der Waals surface area contributed by atoms with Crippen molar-refractivity contribution in [3.63, 3.8) is 0 Å². The molecule has 0 bridgehead atoms. The molecule has 0 atom stereocenters. The van der Waals surface area contributed by atoms with E-state index in [4.69, 9.17) is 5.11 Å². The van der Waals surface area contributed by atoms with Gasteiger partial charge < -0.3 is 10.4 Å². The summed E-state index contributed by atoms with van der Waals surface area (Å²) in [5.74, 6) is -1.27. The van der Waals surface area contributed by atoms with Gasteiger partial charge in [-0.15, -0.1) is 12.4 Å². The van der Waals surface area contributed by atoms with Crippen molar-refractivity contribution in [2.75, 3.05) is 20.1 Å². The van der Waals surface area contributed by atoms with E-state index >= 15 is 0 Å². The van der Waals surface area contributed by atoms with Crippen LogP contribution in [0.2, 0.25) is 0 Å². The molecule has 0 saturated carbocycles. The second-order valence-corrected chi connectivity index (χ2v) is 4.92. The molecule has 1 amide bonds. The fraction of sp³-hybridized carbons (Fsp3) is 0.429. The largest absolute Gasteiger partial charge is 0.480 e. The summed E-state index contributed by atoms with van der Waals surface area (Å²) in [5.41, 5.74) is 2.68. The van der Waals surface area contributed by atoms with Gasteiger partial charge in [0.2, 0.25) is 5.91 Å². The molecular formula is C14H19ClN2O3. The van der Waals surface area contributed by atoms with E-state index in [2.05, 4.69) is 17.4 Å². The molecule has 110 valence electrons. The maximum absolute atomic E-state index is 11.6. The lowest BCUT2D eigenvalue weighted by atomic mass is 10.1. The lowest BCUT2D eigenvalue weighted by Gasteiger charge is -2.23. The Hall–Kier alpha value is -1.59. The number of carboxylic acids is 1. The third-order valence-corrected chi connectivity index (χ3v) is 3.48. The normalized spacial score (nSPS) is 13.7. The number of halogens is 1. The molecule has 1 aliphatic rings. The number of benzene rings is 1. The summed E-state index contributed by atoms with van der Waals surface area (Å²) < 4.78 is 0. The number of hydrogen-bond acceptors (Lipinski definition) is 3. The standard InChI is InChI=1S/C14H18N2O3.ClH/c1-16(9-13(17)15-8-14(18)19)12-6-10-4-2-3-5-11(10)7-12;/h2-5,12H,6-9H2,1H3,(H,15,17)(H,18,19);1H. The molecule has 6 heteroatoms. The second-order valence-electron chi connectivity index (χ2n) is 4.92.